The van der Waals surface area contributed by atoms with Crippen LogP contribution in [0.15, 0.2) is 48.5 Å². The Balaban J connectivity index is 2.00. The Morgan fingerprint density at radius 2 is 1.76 bits per heavy atom. The first kappa shape index (κ1) is 12.3. The number of aromatic nitrogens is 4. The summed E-state index contributed by atoms with van der Waals surface area (Å²) in [4.78, 5) is 4.27. The smallest absolute Gasteiger partial charge is 0.169 e. The van der Waals surface area contributed by atoms with Gasteiger partial charge < -0.3 is 0 Å². The number of rotatable bonds is 1. The van der Waals surface area contributed by atoms with Gasteiger partial charge in [0.1, 0.15) is 11.0 Å². The SMILES string of the molecule is Cc1nc(Cl)cc2nnc(-c3ccc4ccccc4c3)n12. The largest absolute Gasteiger partial charge is 0.263 e. The van der Waals surface area contributed by atoms with Crippen molar-refractivity contribution in [3.63, 3.8) is 0 Å². The molecule has 0 fully saturated rings. The summed E-state index contributed by atoms with van der Waals surface area (Å²) in [5.74, 6) is 1.54. The third-order valence-corrected chi connectivity index (χ3v) is 3.73. The van der Waals surface area contributed by atoms with Crippen LogP contribution in [0.2, 0.25) is 5.15 Å². The standard InChI is InChI=1S/C16H11ClN4/c1-10-18-14(17)9-15-19-20-16(21(10)15)13-7-6-11-4-2-3-5-12(11)8-13/h2-9H,1H3. The van der Waals surface area contributed by atoms with E-state index in [-0.39, 0.29) is 0 Å². The van der Waals surface area contributed by atoms with E-state index in [1.807, 2.05) is 29.5 Å². The van der Waals surface area contributed by atoms with Crippen molar-refractivity contribution in [2.24, 2.45) is 0 Å². The summed E-state index contributed by atoms with van der Waals surface area (Å²) in [5.41, 5.74) is 1.71. The zero-order chi connectivity index (χ0) is 14.4. The number of hydrogen-bond donors (Lipinski definition) is 0. The molecule has 0 radical (unpaired) electrons. The predicted octanol–water partition coefficient (Wildman–Crippen LogP) is 3.91. The van der Waals surface area contributed by atoms with E-state index in [9.17, 15) is 0 Å². The van der Waals surface area contributed by atoms with Gasteiger partial charge in [0.25, 0.3) is 0 Å². The Bertz CT molecular complexity index is 975. The van der Waals surface area contributed by atoms with E-state index in [2.05, 4.69) is 39.4 Å². The molecule has 2 heterocycles. The summed E-state index contributed by atoms with van der Waals surface area (Å²) in [7, 11) is 0. The van der Waals surface area contributed by atoms with Crippen molar-refractivity contribution in [2.45, 2.75) is 6.92 Å². The molecule has 4 rings (SSSR count). The zero-order valence-corrected chi connectivity index (χ0v) is 12.0. The van der Waals surface area contributed by atoms with Crippen LogP contribution >= 0.6 is 11.6 Å². The molecule has 0 saturated carbocycles. The lowest BCUT2D eigenvalue weighted by Crippen LogP contribution is -1.98. The maximum Gasteiger partial charge on any atom is 0.169 e. The fourth-order valence-electron chi connectivity index (χ4n) is 2.57. The van der Waals surface area contributed by atoms with Crippen molar-refractivity contribution in [3.05, 3.63) is 59.5 Å². The third kappa shape index (κ3) is 1.96. The number of fused-ring (bicyclic) bond motifs is 2. The van der Waals surface area contributed by atoms with E-state index in [4.69, 9.17) is 11.6 Å². The van der Waals surface area contributed by atoms with E-state index in [0.717, 1.165) is 17.2 Å². The van der Waals surface area contributed by atoms with Crippen molar-refractivity contribution >= 4 is 28.0 Å². The van der Waals surface area contributed by atoms with Gasteiger partial charge in [-0.2, -0.15) is 0 Å². The molecule has 0 aliphatic rings. The van der Waals surface area contributed by atoms with Crippen molar-refractivity contribution in [1.29, 1.82) is 0 Å². The van der Waals surface area contributed by atoms with Gasteiger partial charge in [-0.1, -0.05) is 48.0 Å². The highest BCUT2D eigenvalue weighted by Gasteiger charge is 2.12. The first-order valence-electron chi connectivity index (χ1n) is 6.60. The van der Waals surface area contributed by atoms with Crippen LogP contribution in [0.1, 0.15) is 5.82 Å². The lowest BCUT2D eigenvalue weighted by molar-refractivity contribution is 0.989. The monoisotopic (exact) mass is 294 g/mol. The van der Waals surface area contributed by atoms with Crippen LogP contribution in [0.5, 0.6) is 0 Å². The van der Waals surface area contributed by atoms with Gasteiger partial charge in [0.05, 0.1) is 0 Å². The molecule has 0 aliphatic carbocycles. The fourth-order valence-corrected chi connectivity index (χ4v) is 2.79. The van der Waals surface area contributed by atoms with Crippen LogP contribution < -0.4 is 0 Å². The molecule has 4 aromatic rings. The first-order chi connectivity index (χ1) is 10.2. The highest BCUT2D eigenvalue weighted by atomic mass is 35.5. The molecular formula is C16H11ClN4. The van der Waals surface area contributed by atoms with Gasteiger partial charge in [-0.25, -0.2) is 4.98 Å². The molecule has 0 unspecified atom stereocenters. The number of aryl methyl sites for hydroxylation is 1. The van der Waals surface area contributed by atoms with Crippen LogP contribution in [0.3, 0.4) is 0 Å². The lowest BCUT2D eigenvalue weighted by Gasteiger charge is -2.05. The number of halogens is 1. The van der Waals surface area contributed by atoms with E-state index >= 15 is 0 Å². The molecule has 0 aliphatic heterocycles. The molecule has 0 atom stereocenters. The Morgan fingerprint density at radius 1 is 0.952 bits per heavy atom. The number of benzene rings is 2. The van der Waals surface area contributed by atoms with Crippen LogP contribution in [0.4, 0.5) is 0 Å². The molecule has 0 N–H and O–H groups in total. The Morgan fingerprint density at radius 3 is 2.62 bits per heavy atom. The Labute approximate surface area is 126 Å². The van der Waals surface area contributed by atoms with E-state index in [0.29, 0.717) is 10.8 Å². The second-order valence-corrected chi connectivity index (χ2v) is 5.29. The molecule has 0 bridgehead atoms. The Kier molecular flexibility index (Phi) is 2.65. The second kappa shape index (κ2) is 4.53. The van der Waals surface area contributed by atoms with Crippen LogP contribution in [0, 0.1) is 6.92 Å². The summed E-state index contributed by atoms with van der Waals surface area (Å²) in [6.07, 6.45) is 0. The summed E-state index contributed by atoms with van der Waals surface area (Å²) < 4.78 is 1.91. The zero-order valence-electron chi connectivity index (χ0n) is 11.3. The highest BCUT2D eigenvalue weighted by molar-refractivity contribution is 6.29. The van der Waals surface area contributed by atoms with Crippen molar-refractivity contribution in [3.8, 4) is 11.4 Å². The van der Waals surface area contributed by atoms with Crippen LogP contribution in [0.25, 0.3) is 27.8 Å². The van der Waals surface area contributed by atoms with E-state index in [1.54, 1.807) is 6.07 Å². The van der Waals surface area contributed by atoms with Gasteiger partial charge in [0.15, 0.2) is 11.5 Å². The second-order valence-electron chi connectivity index (χ2n) is 4.91. The fraction of sp³-hybridized carbons (Fsp3) is 0.0625. The van der Waals surface area contributed by atoms with Crippen molar-refractivity contribution < 1.29 is 0 Å². The van der Waals surface area contributed by atoms with Gasteiger partial charge in [-0.05, 0) is 23.8 Å². The molecule has 0 spiro atoms. The minimum atomic E-state index is 0.428. The minimum Gasteiger partial charge on any atom is -0.263 e. The topological polar surface area (TPSA) is 43.1 Å². The molecule has 4 nitrogen and oxygen atoms in total. The van der Waals surface area contributed by atoms with Gasteiger partial charge >= 0.3 is 0 Å². The van der Waals surface area contributed by atoms with Gasteiger partial charge in [0, 0.05) is 11.6 Å². The first-order valence-corrected chi connectivity index (χ1v) is 6.97. The summed E-state index contributed by atoms with van der Waals surface area (Å²) in [6.45, 7) is 1.90. The Hall–Kier alpha value is -2.46. The quantitative estimate of drug-likeness (QED) is 0.500. The predicted molar refractivity (Wildman–Crippen MR) is 83.5 cm³/mol. The molecule has 2 aromatic heterocycles. The lowest BCUT2D eigenvalue weighted by atomic mass is 10.1. The van der Waals surface area contributed by atoms with Gasteiger partial charge in [-0.15, -0.1) is 10.2 Å². The van der Waals surface area contributed by atoms with E-state index < -0.39 is 0 Å². The summed E-state index contributed by atoms with van der Waals surface area (Å²) in [6, 6.07) is 16.2. The molecule has 0 amide bonds. The molecule has 5 heteroatoms. The maximum absolute atomic E-state index is 5.97. The van der Waals surface area contributed by atoms with Crippen molar-refractivity contribution in [2.75, 3.05) is 0 Å². The average Bonchev–Trinajstić information content (AvgIpc) is 2.90. The van der Waals surface area contributed by atoms with Gasteiger partial charge in [-0.3, -0.25) is 4.40 Å². The van der Waals surface area contributed by atoms with E-state index in [1.165, 1.54) is 10.8 Å². The molecule has 21 heavy (non-hydrogen) atoms. The molecule has 0 saturated heterocycles. The van der Waals surface area contributed by atoms with Gasteiger partial charge in [0.2, 0.25) is 0 Å². The normalized spacial score (nSPS) is 11.3. The number of nitrogens with zero attached hydrogens (tertiary/aromatic N) is 4. The van der Waals surface area contributed by atoms with Crippen LogP contribution in [-0.2, 0) is 0 Å². The molecule has 102 valence electrons. The summed E-state index contributed by atoms with van der Waals surface area (Å²) >= 11 is 5.97. The third-order valence-electron chi connectivity index (χ3n) is 3.54. The number of hydrogen-bond acceptors (Lipinski definition) is 3. The maximum atomic E-state index is 5.97. The minimum absolute atomic E-state index is 0.428. The van der Waals surface area contributed by atoms with Crippen LogP contribution in [-0.4, -0.2) is 19.6 Å². The summed E-state index contributed by atoms with van der Waals surface area (Å²) in [5, 5.41) is 11.3. The van der Waals surface area contributed by atoms with Crippen molar-refractivity contribution in [1.82, 2.24) is 19.6 Å². The highest BCUT2D eigenvalue weighted by Crippen LogP contribution is 2.24. The average molecular weight is 295 g/mol. The molecule has 2 aromatic carbocycles. The molecular weight excluding hydrogens is 284 g/mol.